The molecule has 2 aliphatic heterocycles. The predicted molar refractivity (Wildman–Crippen MR) is 131 cm³/mol. The quantitative estimate of drug-likeness (QED) is 0.518. The number of aliphatic imine (C=N–C) groups is 1. The Morgan fingerprint density at radius 1 is 1.06 bits per heavy atom. The van der Waals surface area contributed by atoms with Crippen molar-refractivity contribution in [2.75, 3.05) is 31.1 Å². The Morgan fingerprint density at radius 2 is 1.91 bits per heavy atom. The molecular formula is C26H35N5O. The lowest BCUT2D eigenvalue weighted by atomic mass is 10.0. The molecule has 1 unspecified atom stereocenters. The molecular weight excluding hydrogens is 398 g/mol. The van der Waals surface area contributed by atoms with Crippen molar-refractivity contribution in [2.24, 2.45) is 4.99 Å². The zero-order valence-electron chi connectivity index (χ0n) is 19.1. The number of carbonyl (C=O) groups is 1. The average molecular weight is 434 g/mol. The summed E-state index contributed by atoms with van der Waals surface area (Å²) in [4.78, 5) is 21.2. The van der Waals surface area contributed by atoms with Gasteiger partial charge in [0.2, 0.25) is 5.91 Å². The van der Waals surface area contributed by atoms with Crippen molar-refractivity contribution < 1.29 is 4.79 Å². The maximum atomic E-state index is 11.9. The standard InChI is InChI=1S/C26H35N5O/c1-2-27-26(29-23-11-7-15-30(20-23)24-12-4-3-5-13-24)28-18-21-9-6-10-22(17-21)19-31-16-8-14-25(31)32/h3-6,9-10,12-13,17,23H,2,7-8,11,14-16,18-20H2,1H3,(H2,27,28,29). The normalized spacial score (nSPS) is 19.3. The molecule has 0 bridgehead atoms. The van der Waals surface area contributed by atoms with Crippen molar-refractivity contribution in [1.82, 2.24) is 15.5 Å². The SMILES string of the molecule is CCNC(=NCc1cccc(CN2CCCC2=O)c1)NC1CCCN(c2ccccc2)C1. The first kappa shape index (κ1) is 22.2. The van der Waals surface area contributed by atoms with Crippen molar-refractivity contribution in [2.45, 2.75) is 51.7 Å². The molecule has 2 aromatic carbocycles. The van der Waals surface area contributed by atoms with E-state index < -0.39 is 0 Å². The first-order chi connectivity index (χ1) is 15.7. The van der Waals surface area contributed by atoms with Crippen molar-refractivity contribution in [3.63, 3.8) is 0 Å². The van der Waals surface area contributed by atoms with Gasteiger partial charge in [0, 0.05) is 50.9 Å². The summed E-state index contributed by atoms with van der Waals surface area (Å²) < 4.78 is 0. The summed E-state index contributed by atoms with van der Waals surface area (Å²) in [6.07, 6.45) is 3.98. The Bertz CT molecular complexity index is 913. The van der Waals surface area contributed by atoms with Crippen LogP contribution in [-0.4, -0.2) is 49.0 Å². The zero-order chi connectivity index (χ0) is 22.2. The van der Waals surface area contributed by atoms with E-state index in [9.17, 15) is 4.79 Å². The molecule has 2 N–H and O–H groups in total. The maximum absolute atomic E-state index is 11.9. The number of likely N-dealkylation sites (tertiary alicyclic amines) is 1. The number of nitrogens with zero attached hydrogens (tertiary/aromatic N) is 3. The van der Waals surface area contributed by atoms with Gasteiger partial charge in [-0.15, -0.1) is 0 Å². The van der Waals surface area contributed by atoms with Crippen LogP contribution >= 0.6 is 0 Å². The number of rotatable bonds is 7. The number of hydrogen-bond acceptors (Lipinski definition) is 3. The first-order valence-electron chi connectivity index (χ1n) is 11.9. The summed E-state index contributed by atoms with van der Waals surface area (Å²) >= 11 is 0. The summed E-state index contributed by atoms with van der Waals surface area (Å²) in [7, 11) is 0. The van der Waals surface area contributed by atoms with Gasteiger partial charge in [0.15, 0.2) is 5.96 Å². The van der Waals surface area contributed by atoms with Gasteiger partial charge in [0.25, 0.3) is 0 Å². The fraction of sp³-hybridized carbons (Fsp3) is 0.462. The van der Waals surface area contributed by atoms with Gasteiger partial charge in [0.05, 0.1) is 6.54 Å². The van der Waals surface area contributed by atoms with Crippen molar-refractivity contribution in [3.05, 3.63) is 65.7 Å². The number of piperidine rings is 1. The Hall–Kier alpha value is -3.02. The lowest BCUT2D eigenvalue weighted by molar-refractivity contribution is -0.128. The average Bonchev–Trinajstić information content (AvgIpc) is 3.23. The molecule has 32 heavy (non-hydrogen) atoms. The van der Waals surface area contributed by atoms with E-state index in [1.807, 2.05) is 4.90 Å². The molecule has 170 valence electrons. The summed E-state index contributed by atoms with van der Waals surface area (Å²) in [6.45, 7) is 7.20. The van der Waals surface area contributed by atoms with Crippen LogP contribution in [0.25, 0.3) is 0 Å². The number of nitrogens with one attached hydrogen (secondary N) is 2. The van der Waals surface area contributed by atoms with Crippen molar-refractivity contribution >= 4 is 17.6 Å². The second-order valence-electron chi connectivity index (χ2n) is 8.70. The van der Waals surface area contributed by atoms with Crippen LogP contribution in [0.15, 0.2) is 59.6 Å². The second kappa shape index (κ2) is 11.0. The fourth-order valence-electron chi connectivity index (χ4n) is 4.57. The summed E-state index contributed by atoms with van der Waals surface area (Å²) in [5.41, 5.74) is 3.63. The second-order valence-corrected chi connectivity index (χ2v) is 8.70. The summed E-state index contributed by atoms with van der Waals surface area (Å²) in [5, 5.41) is 7.05. The van der Waals surface area contributed by atoms with Crippen LogP contribution in [0.3, 0.4) is 0 Å². The molecule has 6 nitrogen and oxygen atoms in total. The van der Waals surface area contributed by atoms with Crippen molar-refractivity contribution in [3.8, 4) is 0 Å². The Morgan fingerprint density at radius 3 is 2.69 bits per heavy atom. The molecule has 0 spiro atoms. The van der Waals surface area contributed by atoms with Gasteiger partial charge < -0.3 is 20.4 Å². The van der Waals surface area contributed by atoms with Crippen LogP contribution in [-0.2, 0) is 17.9 Å². The number of anilines is 1. The molecule has 2 heterocycles. The predicted octanol–water partition coefficient (Wildman–Crippen LogP) is 3.53. The number of amides is 1. The van der Waals surface area contributed by atoms with E-state index in [4.69, 9.17) is 4.99 Å². The lowest BCUT2D eigenvalue weighted by Crippen LogP contribution is -2.51. The molecule has 2 aromatic rings. The molecule has 1 atom stereocenters. The highest BCUT2D eigenvalue weighted by Crippen LogP contribution is 2.19. The monoisotopic (exact) mass is 433 g/mol. The van der Waals surface area contributed by atoms with Gasteiger partial charge in [-0.25, -0.2) is 4.99 Å². The Labute approximate surface area is 191 Å². The molecule has 4 rings (SSSR count). The molecule has 1 amide bonds. The third-order valence-corrected chi connectivity index (χ3v) is 6.18. The van der Waals surface area contributed by atoms with E-state index in [0.29, 0.717) is 25.6 Å². The lowest BCUT2D eigenvalue weighted by Gasteiger charge is -2.35. The molecule has 0 aliphatic carbocycles. The zero-order valence-corrected chi connectivity index (χ0v) is 19.1. The van der Waals surface area contributed by atoms with Gasteiger partial charge in [-0.2, -0.15) is 0 Å². The third-order valence-electron chi connectivity index (χ3n) is 6.18. The van der Waals surface area contributed by atoms with E-state index in [0.717, 1.165) is 45.0 Å². The van der Waals surface area contributed by atoms with Crippen LogP contribution in [0.5, 0.6) is 0 Å². The van der Waals surface area contributed by atoms with Crippen molar-refractivity contribution in [1.29, 1.82) is 0 Å². The van der Waals surface area contributed by atoms with Gasteiger partial charge in [-0.05, 0) is 49.4 Å². The number of carbonyl (C=O) groups excluding carboxylic acids is 1. The van der Waals surface area contributed by atoms with Crippen LogP contribution in [0.1, 0.15) is 43.7 Å². The fourth-order valence-corrected chi connectivity index (χ4v) is 4.57. The van der Waals surface area contributed by atoms with E-state index in [2.05, 4.69) is 77.1 Å². The van der Waals surface area contributed by atoms with Gasteiger partial charge in [0.1, 0.15) is 0 Å². The number of guanidine groups is 1. The third kappa shape index (κ3) is 6.02. The highest BCUT2D eigenvalue weighted by molar-refractivity contribution is 5.80. The van der Waals surface area contributed by atoms with Gasteiger partial charge in [-0.1, -0.05) is 42.5 Å². The highest BCUT2D eigenvalue weighted by Gasteiger charge is 2.21. The number of benzene rings is 2. The summed E-state index contributed by atoms with van der Waals surface area (Å²) in [6, 6.07) is 19.5. The van der Waals surface area contributed by atoms with Crippen LogP contribution in [0.2, 0.25) is 0 Å². The first-order valence-corrected chi connectivity index (χ1v) is 11.9. The van der Waals surface area contributed by atoms with E-state index in [1.54, 1.807) is 0 Å². The van der Waals surface area contributed by atoms with Crippen LogP contribution in [0.4, 0.5) is 5.69 Å². The van der Waals surface area contributed by atoms with Gasteiger partial charge >= 0.3 is 0 Å². The smallest absolute Gasteiger partial charge is 0.222 e. The minimum Gasteiger partial charge on any atom is -0.369 e. The van der Waals surface area contributed by atoms with Gasteiger partial charge in [-0.3, -0.25) is 4.79 Å². The molecule has 2 saturated heterocycles. The maximum Gasteiger partial charge on any atom is 0.222 e. The Balaban J connectivity index is 1.36. The molecule has 2 aliphatic rings. The largest absolute Gasteiger partial charge is 0.369 e. The van der Waals surface area contributed by atoms with Crippen LogP contribution < -0.4 is 15.5 Å². The number of hydrogen-bond donors (Lipinski definition) is 2. The summed E-state index contributed by atoms with van der Waals surface area (Å²) in [5.74, 6) is 1.14. The Kier molecular flexibility index (Phi) is 7.64. The highest BCUT2D eigenvalue weighted by atomic mass is 16.2. The molecule has 0 aromatic heterocycles. The molecule has 2 fully saturated rings. The molecule has 0 radical (unpaired) electrons. The van der Waals surface area contributed by atoms with Crippen LogP contribution in [0, 0.1) is 0 Å². The molecule has 6 heteroatoms. The van der Waals surface area contributed by atoms with E-state index >= 15 is 0 Å². The topological polar surface area (TPSA) is 60.0 Å². The van der Waals surface area contributed by atoms with E-state index in [-0.39, 0.29) is 5.91 Å². The minimum absolute atomic E-state index is 0.268. The molecule has 0 saturated carbocycles. The minimum atomic E-state index is 0.268. The number of para-hydroxylation sites is 1. The van der Waals surface area contributed by atoms with E-state index in [1.165, 1.54) is 23.2 Å².